The highest BCUT2D eigenvalue weighted by atomic mass is 32.2. The second kappa shape index (κ2) is 8.69. The second-order valence-corrected chi connectivity index (χ2v) is 7.40. The van der Waals surface area contributed by atoms with E-state index in [1.165, 1.54) is 6.07 Å². The molecule has 0 aliphatic heterocycles. The van der Waals surface area contributed by atoms with E-state index < -0.39 is 17.3 Å². The molecule has 0 radical (unpaired) electrons. The Bertz CT molecular complexity index is 1010. The van der Waals surface area contributed by atoms with E-state index in [-0.39, 0.29) is 16.4 Å². The number of nitrogens with zero attached hydrogens (tertiary/aromatic N) is 2. The highest BCUT2D eigenvalue weighted by molar-refractivity contribution is 8.00. The first-order valence-corrected chi connectivity index (χ1v) is 9.70. The molecule has 0 saturated heterocycles. The van der Waals surface area contributed by atoms with Crippen LogP contribution in [0.2, 0.25) is 0 Å². The lowest BCUT2D eigenvalue weighted by Gasteiger charge is -2.14. The van der Waals surface area contributed by atoms with Crippen molar-refractivity contribution in [3.8, 4) is 5.75 Å². The number of rotatable bonds is 6. The number of halogens is 3. The molecule has 1 heterocycles. The minimum Gasteiger partial charge on any atom is -0.494 e. The summed E-state index contributed by atoms with van der Waals surface area (Å²) in [7, 11) is 0. The van der Waals surface area contributed by atoms with Crippen LogP contribution in [0, 0.1) is 0 Å². The zero-order valence-electron chi connectivity index (χ0n) is 15.7. The van der Waals surface area contributed by atoms with Crippen LogP contribution in [0.3, 0.4) is 0 Å². The minimum atomic E-state index is -4.67. The fourth-order valence-corrected chi connectivity index (χ4v) is 3.47. The molecule has 29 heavy (non-hydrogen) atoms. The number of anilines is 1. The summed E-state index contributed by atoms with van der Waals surface area (Å²) in [6, 6.07) is 13.3. The van der Waals surface area contributed by atoms with Gasteiger partial charge in [-0.3, -0.25) is 4.79 Å². The lowest BCUT2D eigenvalue weighted by molar-refractivity contribution is -0.145. The van der Waals surface area contributed by atoms with Gasteiger partial charge in [-0.15, -0.1) is 0 Å². The normalized spacial score (nSPS) is 12.6. The van der Waals surface area contributed by atoms with Gasteiger partial charge in [0.2, 0.25) is 11.7 Å². The third-order valence-corrected chi connectivity index (χ3v) is 5.01. The summed E-state index contributed by atoms with van der Waals surface area (Å²) in [6.07, 6.45) is -4.67. The van der Waals surface area contributed by atoms with Gasteiger partial charge in [-0.2, -0.15) is 13.2 Å². The first-order valence-electron chi connectivity index (χ1n) is 8.82. The first-order chi connectivity index (χ1) is 13.8. The minimum absolute atomic E-state index is 0.109. The Morgan fingerprint density at radius 1 is 1.14 bits per heavy atom. The molecule has 0 aliphatic carbocycles. The molecule has 0 spiro atoms. The number of ether oxygens (including phenoxy) is 1. The Labute approximate surface area is 169 Å². The molecular weight excluding hydrogens is 403 g/mol. The van der Waals surface area contributed by atoms with Gasteiger partial charge in [0.05, 0.1) is 17.4 Å². The van der Waals surface area contributed by atoms with E-state index in [0.29, 0.717) is 23.4 Å². The van der Waals surface area contributed by atoms with Crippen molar-refractivity contribution in [3.63, 3.8) is 0 Å². The van der Waals surface area contributed by atoms with E-state index >= 15 is 0 Å². The Balaban J connectivity index is 1.79. The Morgan fingerprint density at radius 3 is 2.48 bits per heavy atom. The number of carbonyl (C=O) groups excluding carboxylic acids is 1. The number of alkyl halides is 3. The lowest BCUT2D eigenvalue weighted by Crippen LogP contribution is -2.22. The molecule has 0 fully saturated rings. The molecule has 0 aliphatic rings. The lowest BCUT2D eigenvalue weighted by atomic mass is 10.2. The number of para-hydroxylation sites is 1. The van der Waals surface area contributed by atoms with Crippen molar-refractivity contribution < 1.29 is 22.7 Å². The van der Waals surface area contributed by atoms with Crippen molar-refractivity contribution in [2.75, 3.05) is 11.9 Å². The number of nitrogens with one attached hydrogen (secondary N) is 1. The van der Waals surface area contributed by atoms with Gasteiger partial charge < -0.3 is 10.1 Å². The molecular formula is C20H18F3N3O2S. The second-order valence-electron chi connectivity index (χ2n) is 6.07. The molecule has 152 valence electrons. The molecule has 9 heteroatoms. The van der Waals surface area contributed by atoms with Crippen molar-refractivity contribution in [3.05, 3.63) is 54.4 Å². The van der Waals surface area contributed by atoms with Gasteiger partial charge in [0.1, 0.15) is 10.8 Å². The highest BCUT2D eigenvalue weighted by Gasteiger charge is 2.35. The van der Waals surface area contributed by atoms with E-state index in [4.69, 9.17) is 4.74 Å². The van der Waals surface area contributed by atoms with Crippen molar-refractivity contribution >= 4 is 34.3 Å². The molecule has 0 saturated carbocycles. The maximum Gasteiger partial charge on any atom is 0.451 e. The molecule has 2 aromatic carbocycles. The Hall–Kier alpha value is -2.81. The van der Waals surface area contributed by atoms with Crippen LogP contribution in [-0.2, 0) is 11.0 Å². The number of benzene rings is 2. The van der Waals surface area contributed by atoms with Crippen LogP contribution in [0.4, 0.5) is 18.9 Å². The van der Waals surface area contributed by atoms with Gasteiger partial charge in [-0.1, -0.05) is 30.0 Å². The fraction of sp³-hybridized carbons (Fsp3) is 0.250. The largest absolute Gasteiger partial charge is 0.494 e. The Morgan fingerprint density at radius 2 is 1.83 bits per heavy atom. The average Bonchev–Trinajstić information content (AvgIpc) is 2.69. The smallest absolute Gasteiger partial charge is 0.451 e. The summed E-state index contributed by atoms with van der Waals surface area (Å²) in [5.41, 5.74) is 0.742. The third kappa shape index (κ3) is 5.17. The molecule has 1 amide bonds. The number of thioether (sulfide) groups is 1. The number of fused-ring (bicyclic) bond motifs is 1. The third-order valence-electron chi connectivity index (χ3n) is 3.91. The molecule has 3 aromatic rings. The molecule has 1 unspecified atom stereocenters. The summed E-state index contributed by atoms with van der Waals surface area (Å²) in [6.45, 7) is 4.01. The summed E-state index contributed by atoms with van der Waals surface area (Å²) >= 11 is 0.954. The van der Waals surface area contributed by atoms with Gasteiger partial charge in [0.15, 0.2) is 0 Å². The standard InChI is InChI=1S/C20H18F3N3O2S/c1-3-28-14-10-8-13(9-11-14)24-17(27)12(2)29-18-15-6-4-5-7-16(15)25-19(26-18)20(21,22)23/h4-12H,3H2,1-2H3,(H,24,27). The van der Waals surface area contributed by atoms with Crippen molar-refractivity contribution in [2.24, 2.45) is 0 Å². The predicted molar refractivity (Wildman–Crippen MR) is 106 cm³/mol. The van der Waals surface area contributed by atoms with Gasteiger partial charge in [-0.05, 0) is 44.2 Å². The van der Waals surface area contributed by atoms with Crippen molar-refractivity contribution in [2.45, 2.75) is 30.3 Å². The number of aromatic nitrogens is 2. The number of hydrogen-bond acceptors (Lipinski definition) is 5. The molecule has 0 bridgehead atoms. The highest BCUT2D eigenvalue weighted by Crippen LogP contribution is 2.33. The topological polar surface area (TPSA) is 64.1 Å². The van der Waals surface area contributed by atoms with Gasteiger partial charge >= 0.3 is 6.18 Å². The molecule has 5 nitrogen and oxygen atoms in total. The van der Waals surface area contributed by atoms with Gasteiger partial charge in [0, 0.05) is 11.1 Å². The number of hydrogen-bond donors (Lipinski definition) is 1. The monoisotopic (exact) mass is 421 g/mol. The zero-order valence-corrected chi connectivity index (χ0v) is 16.5. The van der Waals surface area contributed by atoms with E-state index in [0.717, 1.165) is 11.8 Å². The number of carbonyl (C=O) groups is 1. The molecule has 1 aromatic heterocycles. The molecule has 1 N–H and O–H groups in total. The first kappa shape index (κ1) is 20.9. The molecule has 1 atom stereocenters. The average molecular weight is 421 g/mol. The number of amides is 1. The molecule has 3 rings (SSSR count). The van der Waals surface area contributed by atoms with Crippen LogP contribution in [0.25, 0.3) is 10.9 Å². The van der Waals surface area contributed by atoms with Crippen molar-refractivity contribution in [1.82, 2.24) is 9.97 Å². The maximum absolute atomic E-state index is 13.1. The van der Waals surface area contributed by atoms with Crippen LogP contribution in [0.15, 0.2) is 53.6 Å². The van der Waals surface area contributed by atoms with E-state index in [9.17, 15) is 18.0 Å². The maximum atomic E-state index is 13.1. The van der Waals surface area contributed by atoms with Crippen LogP contribution in [0.5, 0.6) is 5.75 Å². The summed E-state index contributed by atoms with van der Waals surface area (Å²) in [5, 5.41) is 2.64. The summed E-state index contributed by atoms with van der Waals surface area (Å²) in [4.78, 5) is 19.8. The van der Waals surface area contributed by atoms with Crippen molar-refractivity contribution in [1.29, 1.82) is 0 Å². The zero-order chi connectivity index (χ0) is 21.0. The quantitative estimate of drug-likeness (QED) is 0.440. The summed E-state index contributed by atoms with van der Waals surface area (Å²) in [5.74, 6) is -0.895. The van der Waals surface area contributed by atoms with Crippen LogP contribution in [0.1, 0.15) is 19.7 Å². The van der Waals surface area contributed by atoms with E-state index in [2.05, 4.69) is 15.3 Å². The van der Waals surface area contributed by atoms with Crippen LogP contribution < -0.4 is 10.1 Å². The Kier molecular flexibility index (Phi) is 6.26. The van der Waals surface area contributed by atoms with Crippen LogP contribution in [-0.4, -0.2) is 27.7 Å². The van der Waals surface area contributed by atoms with Gasteiger partial charge in [0.25, 0.3) is 0 Å². The van der Waals surface area contributed by atoms with E-state index in [1.54, 1.807) is 49.4 Å². The predicted octanol–water partition coefficient (Wildman–Crippen LogP) is 5.17. The van der Waals surface area contributed by atoms with E-state index in [1.807, 2.05) is 6.92 Å². The fourth-order valence-electron chi connectivity index (χ4n) is 2.53. The van der Waals surface area contributed by atoms with Gasteiger partial charge in [-0.25, -0.2) is 9.97 Å². The summed E-state index contributed by atoms with van der Waals surface area (Å²) < 4.78 is 44.8. The SMILES string of the molecule is CCOc1ccc(NC(=O)C(C)Sc2nc(C(F)(F)F)nc3ccccc23)cc1. The van der Waals surface area contributed by atoms with Crippen LogP contribution >= 0.6 is 11.8 Å².